The van der Waals surface area contributed by atoms with Crippen LogP contribution in [0.1, 0.15) is 52.9 Å². The van der Waals surface area contributed by atoms with Crippen molar-refractivity contribution in [3.63, 3.8) is 0 Å². The molecule has 0 heterocycles. The maximum Gasteiger partial charge on any atom is 0.407 e. The smallest absolute Gasteiger partial charge is 0.407 e. The van der Waals surface area contributed by atoms with Crippen molar-refractivity contribution >= 4 is 6.09 Å². The summed E-state index contributed by atoms with van der Waals surface area (Å²) >= 11 is 0. The van der Waals surface area contributed by atoms with Crippen LogP contribution in [-0.2, 0) is 9.47 Å². The third-order valence-corrected chi connectivity index (χ3v) is 3.06. The van der Waals surface area contributed by atoms with Crippen molar-refractivity contribution in [1.29, 1.82) is 0 Å². The molecule has 0 atom stereocenters. The van der Waals surface area contributed by atoms with E-state index >= 15 is 0 Å². The second-order valence-electron chi connectivity index (χ2n) is 6.19. The van der Waals surface area contributed by atoms with Crippen LogP contribution >= 0.6 is 0 Å². The Labute approximate surface area is 116 Å². The zero-order valence-electron chi connectivity index (χ0n) is 12.4. The molecular weight excluding hydrogens is 244 g/mol. The number of carbonyl (C=O) groups excluding carboxylic acids is 1. The highest BCUT2D eigenvalue weighted by molar-refractivity contribution is 5.67. The fourth-order valence-electron chi connectivity index (χ4n) is 2.08. The molecule has 1 aliphatic rings. The van der Waals surface area contributed by atoms with Crippen LogP contribution in [0.3, 0.4) is 0 Å². The highest BCUT2D eigenvalue weighted by atomic mass is 16.6. The topological polar surface area (TPSA) is 73.6 Å². The third kappa shape index (κ3) is 8.06. The fourth-order valence-corrected chi connectivity index (χ4v) is 2.08. The lowest BCUT2D eigenvalue weighted by Crippen LogP contribution is -2.34. The van der Waals surface area contributed by atoms with Crippen LogP contribution in [0.15, 0.2) is 0 Å². The molecule has 19 heavy (non-hydrogen) atoms. The predicted octanol–water partition coefficient (Wildman–Crippen LogP) is 2.19. The molecule has 1 aliphatic carbocycles. The normalized spacial score (nSPS) is 24.0. The van der Waals surface area contributed by atoms with Gasteiger partial charge in [0.1, 0.15) is 5.60 Å². The van der Waals surface area contributed by atoms with E-state index in [1.807, 2.05) is 20.8 Å². The highest BCUT2D eigenvalue weighted by Crippen LogP contribution is 2.19. The number of nitrogens with two attached hydrogens (primary N) is 1. The lowest BCUT2D eigenvalue weighted by Gasteiger charge is -2.26. The zero-order chi connectivity index (χ0) is 14.3. The first kappa shape index (κ1) is 16.2. The van der Waals surface area contributed by atoms with E-state index < -0.39 is 5.60 Å². The Hall–Kier alpha value is -0.810. The molecule has 0 aliphatic heterocycles. The summed E-state index contributed by atoms with van der Waals surface area (Å²) in [6.45, 7) is 6.81. The van der Waals surface area contributed by atoms with E-state index in [1.165, 1.54) is 0 Å². The van der Waals surface area contributed by atoms with Gasteiger partial charge in [0.05, 0.1) is 6.10 Å². The van der Waals surface area contributed by atoms with Gasteiger partial charge in [-0.05, 0) is 52.9 Å². The van der Waals surface area contributed by atoms with Crippen molar-refractivity contribution in [3.05, 3.63) is 0 Å². The van der Waals surface area contributed by atoms with Gasteiger partial charge in [-0.3, -0.25) is 0 Å². The molecule has 0 aromatic carbocycles. The summed E-state index contributed by atoms with van der Waals surface area (Å²) in [5, 5.41) is 2.72. The van der Waals surface area contributed by atoms with E-state index in [0.717, 1.165) is 32.1 Å². The molecule has 3 N–H and O–H groups in total. The maximum atomic E-state index is 11.4. The van der Waals surface area contributed by atoms with Gasteiger partial charge in [-0.2, -0.15) is 0 Å². The van der Waals surface area contributed by atoms with Crippen molar-refractivity contribution in [1.82, 2.24) is 5.32 Å². The first-order valence-corrected chi connectivity index (χ1v) is 7.21. The number of carbonyl (C=O) groups is 1. The van der Waals surface area contributed by atoms with Gasteiger partial charge in [-0.15, -0.1) is 0 Å². The Morgan fingerprint density at radius 1 is 1.26 bits per heavy atom. The minimum absolute atomic E-state index is 0.348. The molecule has 0 aromatic rings. The molecule has 5 nitrogen and oxygen atoms in total. The van der Waals surface area contributed by atoms with Crippen LogP contribution < -0.4 is 11.1 Å². The molecule has 5 heteroatoms. The van der Waals surface area contributed by atoms with E-state index in [-0.39, 0.29) is 6.09 Å². The SMILES string of the molecule is CC(C)(C)OC(=O)NCCCO[C@H]1CC[C@H](N)CC1. The molecule has 112 valence electrons. The van der Waals surface area contributed by atoms with E-state index in [0.29, 0.717) is 25.3 Å². The monoisotopic (exact) mass is 272 g/mol. The Balaban J connectivity index is 1.98. The average Bonchev–Trinajstić information content (AvgIpc) is 2.29. The van der Waals surface area contributed by atoms with E-state index in [9.17, 15) is 4.79 Å². The van der Waals surface area contributed by atoms with Crippen molar-refractivity contribution in [3.8, 4) is 0 Å². The second kappa shape index (κ2) is 7.70. The Morgan fingerprint density at radius 2 is 1.89 bits per heavy atom. The standard InChI is InChI=1S/C14H28N2O3/c1-14(2,3)19-13(17)16-9-4-10-18-12-7-5-11(15)6-8-12/h11-12H,4-10,15H2,1-3H3,(H,16,17)/t11-,12-. The number of hydrogen-bond acceptors (Lipinski definition) is 4. The van der Waals surface area contributed by atoms with Gasteiger partial charge in [-0.1, -0.05) is 0 Å². The van der Waals surface area contributed by atoms with Gasteiger partial charge >= 0.3 is 6.09 Å². The summed E-state index contributed by atoms with van der Waals surface area (Å²) < 4.78 is 10.9. The largest absolute Gasteiger partial charge is 0.444 e. The molecule has 0 unspecified atom stereocenters. The van der Waals surface area contributed by atoms with Gasteiger partial charge in [0, 0.05) is 19.2 Å². The van der Waals surface area contributed by atoms with Crippen LogP contribution in [0, 0.1) is 0 Å². The average molecular weight is 272 g/mol. The van der Waals surface area contributed by atoms with Crippen LogP contribution in [-0.4, -0.2) is 37.0 Å². The molecule has 0 radical (unpaired) electrons. The van der Waals surface area contributed by atoms with Crippen LogP contribution in [0.25, 0.3) is 0 Å². The van der Waals surface area contributed by atoms with Gasteiger partial charge in [0.2, 0.25) is 0 Å². The third-order valence-electron chi connectivity index (χ3n) is 3.06. The first-order chi connectivity index (χ1) is 8.87. The highest BCUT2D eigenvalue weighted by Gasteiger charge is 2.18. The number of amides is 1. The van der Waals surface area contributed by atoms with E-state index in [1.54, 1.807) is 0 Å². The molecule has 0 spiro atoms. The van der Waals surface area contributed by atoms with Gasteiger partial charge in [-0.25, -0.2) is 4.79 Å². The summed E-state index contributed by atoms with van der Waals surface area (Å²) in [6.07, 6.45) is 5.02. The molecule has 1 fully saturated rings. The van der Waals surface area contributed by atoms with Crippen LogP contribution in [0.5, 0.6) is 0 Å². The Bertz CT molecular complexity index is 268. The number of alkyl carbamates (subject to hydrolysis) is 1. The van der Waals surface area contributed by atoms with Crippen molar-refractivity contribution in [2.75, 3.05) is 13.2 Å². The molecule has 1 amide bonds. The summed E-state index contributed by atoms with van der Waals surface area (Å²) in [5.74, 6) is 0. The minimum Gasteiger partial charge on any atom is -0.444 e. The second-order valence-corrected chi connectivity index (χ2v) is 6.19. The van der Waals surface area contributed by atoms with Crippen LogP contribution in [0.4, 0.5) is 4.79 Å². The zero-order valence-corrected chi connectivity index (χ0v) is 12.4. The van der Waals surface area contributed by atoms with E-state index in [2.05, 4.69) is 5.32 Å². The van der Waals surface area contributed by atoms with Gasteiger partial charge < -0.3 is 20.5 Å². The Kier molecular flexibility index (Phi) is 6.58. The molecule has 1 rings (SSSR count). The number of rotatable bonds is 5. The molecule has 0 bridgehead atoms. The Morgan fingerprint density at radius 3 is 2.47 bits per heavy atom. The lowest BCUT2D eigenvalue weighted by molar-refractivity contribution is 0.0229. The quantitative estimate of drug-likeness (QED) is 0.752. The summed E-state index contributed by atoms with van der Waals surface area (Å²) in [7, 11) is 0. The number of ether oxygens (including phenoxy) is 2. The maximum absolute atomic E-state index is 11.4. The van der Waals surface area contributed by atoms with Gasteiger partial charge in [0.15, 0.2) is 0 Å². The fraction of sp³-hybridized carbons (Fsp3) is 0.929. The summed E-state index contributed by atoms with van der Waals surface area (Å²) in [4.78, 5) is 11.4. The summed E-state index contributed by atoms with van der Waals surface area (Å²) in [6, 6.07) is 0.355. The summed E-state index contributed by atoms with van der Waals surface area (Å²) in [5.41, 5.74) is 5.40. The van der Waals surface area contributed by atoms with Crippen LogP contribution in [0.2, 0.25) is 0 Å². The molecule has 0 aromatic heterocycles. The first-order valence-electron chi connectivity index (χ1n) is 7.21. The van der Waals surface area contributed by atoms with Crippen molar-refractivity contribution in [2.24, 2.45) is 5.73 Å². The van der Waals surface area contributed by atoms with Crippen molar-refractivity contribution < 1.29 is 14.3 Å². The lowest BCUT2D eigenvalue weighted by atomic mass is 9.94. The minimum atomic E-state index is -0.443. The predicted molar refractivity (Wildman–Crippen MR) is 75.0 cm³/mol. The number of hydrogen-bond donors (Lipinski definition) is 2. The molecule has 1 saturated carbocycles. The van der Waals surface area contributed by atoms with E-state index in [4.69, 9.17) is 15.2 Å². The van der Waals surface area contributed by atoms with Gasteiger partial charge in [0.25, 0.3) is 0 Å². The number of nitrogens with one attached hydrogen (secondary N) is 1. The molecule has 0 saturated heterocycles. The molecular formula is C14H28N2O3. The van der Waals surface area contributed by atoms with Crippen molar-refractivity contribution in [2.45, 2.75) is 70.6 Å².